The van der Waals surface area contributed by atoms with E-state index in [-0.39, 0.29) is 11.7 Å². The smallest absolute Gasteiger partial charge is 0.354 e. The Morgan fingerprint density at radius 1 is 1.35 bits per heavy atom. The van der Waals surface area contributed by atoms with E-state index in [9.17, 15) is 9.59 Å². The molecule has 1 aromatic heterocycles. The second-order valence-corrected chi connectivity index (χ2v) is 4.47. The number of aromatic nitrogens is 1. The Hall–Kier alpha value is -2.15. The van der Waals surface area contributed by atoms with Crippen molar-refractivity contribution in [3.8, 4) is 0 Å². The molecule has 2 rings (SSSR count). The highest BCUT2D eigenvalue weighted by Gasteiger charge is 2.15. The van der Waals surface area contributed by atoms with E-state index in [0.29, 0.717) is 32.8 Å². The van der Waals surface area contributed by atoms with Gasteiger partial charge in [-0.1, -0.05) is 6.07 Å². The first-order valence-electron chi connectivity index (χ1n) is 6.45. The summed E-state index contributed by atoms with van der Waals surface area (Å²) >= 11 is 0. The van der Waals surface area contributed by atoms with E-state index in [1.807, 2.05) is 0 Å². The third kappa shape index (κ3) is 3.92. The summed E-state index contributed by atoms with van der Waals surface area (Å²) in [6.45, 7) is 2.83. The Labute approximate surface area is 116 Å². The minimum atomic E-state index is -1.06. The van der Waals surface area contributed by atoms with Crippen LogP contribution in [0.15, 0.2) is 18.3 Å². The molecule has 1 aromatic rings. The van der Waals surface area contributed by atoms with Crippen LogP contribution in [0.25, 0.3) is 0 Å². The highest BCUT2D eigenvalue weighted by Crippen LogP contribution is 2.02. The van der Waals surface area contributed by atoms with Crippen molar-refractivity contribution < 1.29 is 19.4 Å². The normalized spacial score (nSPS) is 15.5. The van der Waals surface area contributed by atoms with Gasteiger partial charge < -0.3 is 20.1 Å². The molecule has 0 saturated carbocycles. The van der Waals surface area contributed by atoms with Crippen molar-refractivity contribution in [1.29, 1.82) is 0 Å². The molecular weight excluding hydrogens is 262 g/mol. The van der Waals surface area contributed by atoms with Gasteiger partial charge in [-0.25, -0.2) is 14.6 Å². The summed E-state index contributed by atoms with van der Waals surface area (Å²) in [5, 5.41) is 11.5. The Morgan fingerprint density at radius 3 is 2.90 bits per heavy atom. The van der Waals surface area contributed by atoms with E-state index in [2.05, 4.69) is 10.3 Å². The maximum absolute atomic E-state index is 11.9. The standard InChI is InChI=1S/C13H17N3O4/c17-12(18)11-3-2-10(8-14-11)9-15-13(19)16-4-1-6-20-7-5-16/h2-3,8H,1,4-7,9H2,(H,15,19)(H,17,18). The van der Waals surface area contributed by atoms with Crippen LogP contribution < -0.4 is 5.32 Å². The number of hydrogen-bond acceptors (Lipinski definition) is 4. The second-order valence-electron chi connectivity index (χ2n) is 4.47. The zero-order valence-electron chi connectivity index (χ0n) is 11.0. The molecule has 7 heteroatoms. The van der Waals surface area contributed by atoms with Gasteiger partial charge in [-0.15, -0.1) is 0 Å². The highest BCUT2D eigenvalue weighted by molar-refractivity contribution is 5.85. The fourth-order valence-corrected chi connectivity index (χ4v) is 1.89. The molecule has 2 heterocycles. The number of carbonyl (C=O) groups excluding carboxylic acids is 1. The number of aromatic carboxylic acids is 1. The van der Waals surface area contributed by atoms with Crippen molar-refractivity contribution in [2.24, 2.45) is 0 Å². The first-order chi connectivity index (χ1) is 9.66. The number of carboxylic acid groups (broad SMARTS) is 1. The molecule has 20 heavy (non-hydrogen) atoms. The predicted molar refractivity (Wildman–Crippen MR) is 70.4 cm³/mol. The van der Waals surface area contributed by atoms with E-state index in [4.69, 9.17) is 9.84 Å². The van der Waals surface area contributed by atoms with Gasteiger partial charge in [-0.3, -0.25) is 0 Å². The Balaban J connectivity index is 1.84. The highest BCUT2D eigenvalue weighted by atomic mass is 16.5. The van der Waals surface area contributed by atoms with Crippen LogP contribution in [-0.2, 0) is 11.3 Å². The monoisotopic (exact) mass is 279 g/mol. The van der Waals surface area contributed by atoms with Crippen LogP contribution in [0.4, 0.5) is 4.79 Å². The third-order valence-corrected chi connectivity index (χ3v) is 3.00. The summed E-state index contributed by atoms with van der Waals surface area (Å²) in [6, 6.07) is 2.92. The molecule has 0 bridgehead atoms. The largest absolute Gasteiger partial charge is 0.477 e. The van der Waals surface area contributed by atoms with Gasteiger partial charge in [0.05, 0.1) is 6.61 Å². The van der Waals surface area contributed by atoms with Gasteiger partial charge in [0.15, 0.2) is 0 Å². The summed E-state index contributed by atoms with van der Waals surface area (Å²) < 4.78 is 5.29. The minimum Gasteiger partial charge on any atom is -0.477 e. The summed E-state index contributed by atoms with van der Waals surface area (Å²) in [7, 11) is 0. The average molecular weight is 279 g/mol. The van der Waals surface area contributed by atoms with Crippen molar-refractivity contribution in [3.05, 3.63) is 29.6 Å². The van der Waals surface area contributed by atoms with Crippen molar-refractivity contribution in [2.45, 2.75) is 13.0 Å². The van der Waals surface area contributed by atoms with Gasteiger partial charge in [0.1, 0.15) is 5.69 Å². The van der Waals surface area contributed by atoms with Crippen LogP contribution in [-0.4, -0.2) is 53.3 Å². The van der Waals surface area contributed by atoms with Gasteiger partial charge in [0.25, 0.3) is 0 Å². The number of nitrogens with one attached hydrogen (secondary N) is 1. The molecule has 1 aliphatic heterocycles. The summed E-state index contributed by atoms with van der Waals surface area (Å²) in [4.78, 5) is 28.1. The molecule has 7 nitrogen and oxygen atoms in total. The molecule has 0 aromatic carbocycles. The number of pyridine rings is 1. The van der Waals surface area contributed by atoms with Gasteiger partial charge >= 0.3 is 12.0 Å². The lowest BCUT2D eigenvalue weighted by molar-refractivity contribution is 0.0690. The number of rotatable bonds is 3. The zero-order chi connectivity index (χ0) is 14.4. The molecule has 1 aliphatic rings. The van der Waals surface area contributed by atoms with Crippen molar-refractivity contribution in [1.82, 2.24) is 15.2 Å². The SMILES string of the molecule is O=C(O)c1ccc(CNC(=O)N2CCCOCC2)cn1. The maximum atomic E-state index is 11.9. The molecule has 2 N–H and O–H groups in total. The summed E-state index contributed by atoms with van der Waals surface area (Å²) in [5.74, 6) is -1.06. The topological polar surface area (TPSA) is 91.8 Å². The number of carbonyl (C=O) groups is 2. The molecule has 2 amide bonds. The average Bonchev–Trinajstić information content (AvgIpc) is 2.74. The number of hydrogen-bond donors (Lipinski definition) is 2. The lowest BCUT2D eigenvalue weighted by Gasteiger charge is -2.20. The van der Waals surface area contributed by atoms with Crippen LogP contribution in [0.5, 0.6) is 0 Å². The number of urea groups is 1. The van der Waals surface area contributed by atoms with Crippen LogP contribution >= 0.6 is 0 Å². The Morgan fingerprint density at radius 2 is 2.20 bits per heavy atom. The molecule has 0 spiro atoms. The van der Waals surface area contributed by atoms with Crippen LogP contribution in [0.2, 0.25) is 0 Å². The van der Waals surface area contributed by atoms with Gasteiger partial charge in [-0.05, 0) is 18.1 Å². The van der Waals surface area contributed by atoms with Crippen molar-refractivity contribution >= 4 is 12.0 Å². The summed E-state index contributed by atoms with van der Waals surface area (Å²) in [5.41, 5.74) is 0.749. The number of ether oxygens (including phenoxy) is 1. The van der Waals surface area contributed by atoms with Crippen LogP contribution in [0.1, 0.15) is 22.5 Å². The molecule has 0 aliphatic carbocycles. The molecule has 1 fully saturated rings. The Kier molecular flexibility index (Phi) is 4.89. The fourth-order valence-electron chi connectivity index (χ4n) is 1.89. The minimum absolute atomic E-state index is 0.00950. The van der Waals surface area contributed by atoms with Gasteiger partial charge in [0, 0.05) is 32.4 Å². The Bertz CT molecular complexity index is 467. The van der Waals surface area contributed by atoms with Crippen molar-refractivity contribution in [2.75, 3.05) is 26.3 Å². The van der Waals surface area contributed by atoms with Crippen LogP contribution in [0, 0.1) is 0 Å². The maximum Gasteiger partial charge on any atom is 0.354 e. The van der Waals surface area contributed by atoms with E-state index >= 15 is 0 Å². The third-order valence-electron chi connectivity index (χ3n) is 3.00. The number of amides is 2. The first kappa shape index (κ1) is 14.3. The lowest BCUT2D eigenvalue weighted by atomic mass is 10.2. The summed E-state index contributed by atoms with van der Waals surface area (Å²) in [6.07, 6.45) is 2.29. The van der Waals surface area contributed by atoms with Gasteiger partial charge in [-0.2, -0.15) is 0 Å². The van der Waals surface area contributed by atoms with Gasteiger partial charge in [0.2, 0.25) is 0 Å². The first-order valence-corrected chi connectivity index (χ1v) is 6.45. The van der Waals surface area contributed by atoms with Crippen LogP contribution in [0.3, 0.4) is 0 Å². The molecule has 0 radical (unpaired) electrons. The van der Waals surface area contributed by atoms with E-state index in [1.54, 1.807) is 11.0 Å². The predicted octanol–water partition coefficient (Wildman–Crippen LogP) is 0.712. The van der Waals surface area contributed by atoms with Crippen molar-refractivity contribution in [3.63, 3.8) is 0 Å². The molecule has 108 valence electrons. The molecule has 0 atom stereocenters. The quantitative estimate of drug-likeness (QED) is 0.850. The zero-order valence-corrected chi connectivity index (χ0v) is 11.0. The number of carboxylic acids is 1. The fraction of sp³-hybridized carbons (Fsp3) is 0.462. The number of nitrogens with zero attached hydrogens (tertiary/aromatic N) is 2. The molecular formula is C13H17N3O4. The lowest BCUT2D eigenvalue weighted by Crippen LogP contribution is -2.40. The van der Waals surface area contributed by atoms with E-state index in [0.717, 1.165) is 12.0 Å². The van der Waals surface area contributed by atoms with E-state index in [1.165, 1.54) is 12.3 Å². The second kappa shape index (κ2) is 6.85. The molecule has 1 saturated heterocycles. The van der Waals surface area contributed by atoms with E-state index < -0.39 is 5.97 Å². The molecule has 0 unspecified atom stereocenters.